The molecule has 1 rings (SSSR count). The maximum absolute atomic E-state index is 12.8. The lowest BCUT2D eigenvalue weighted by molar-refractivity contribution is -0.159. The minimum Gasteiger partial charge on any atom is -0.460 e. The number of hydrogen-bond acceptors (Lipinski definition) is 5. The van der Waals surface area contributed by atoms with Crippen LogP contribution in [0.3, 0.4) is 0 Å². The van der Waals surface area contributed by atoms with E-state index in [4.69, 9.17) is 9.47 Å². The number of Topliss-reactive ketones (excluding diaryl/α,β-unsaturated/α-hetero) is 1. The zero-order valence-corrected chi connectivity index (χ0v) is 18.2. The molecule has 30 heavy (non-hydrogen) atoms. The molecule has 0 N–H and O–H groups in total. The molecule has 1 aromatic rings. The average molecular weight is 430 g/mol. The lowest BCUT2D eigenvalue weighted by Crippen LogP contribution is -2.33. The largest absolute Gasteiger partial charge is 0.460 e. The summed E-state index contributed by atoms with van der Waals surface area (Å²) in [5, 5.41) is 0. The number of rotatable bonds is 7. The Morgan fingerprint density at radius 2 is 1.37 bits per heavy atom. The second-order valence-electron chi connectivity index (χ2n) is 9.00. The zero-order chi connectivity index (χ0) is 23.3. The molecule has 8 heteroatoms. The van der Waals surface area contributed by atoms with Gasteiger partial charge in [0.15, 0.2) is 5.78 Å². The predicted octanol–water partition coefficient (Wildman–Crippen LogP) is 5.36. The van der Waals surface area contributed by atoms with Crippen LogP contribution < -0.4 is 0 Å². The second-order valence-corrected chi connectivity index (χ2v) is 9.00. The topological polar surface area (TPSA) is 69.7 Å². The number of ketones is 1. The van der Waals surface area contributed by atoms with E-state index in [1.165, 1.54) is 0 Å². The zero-order valence-electron chi connectivity index (χ0n) is 18.2. The highest BCUT2D eigenvalue weighted by molar-refractivity contribution is 6.08. The molecule has 168 valence electrons. The normalized spacial score (nSPS) is 13.5. The van der Waals surface area contributed by atoms with E-state index in [0.717, 1.165) is 24.3 Å². The van der Waals surface area contributed by atoms with Crippen molar-refractivity contribution < 1.29 is 37.0 Å². The van der Waals surface area contributed by atoms with Crippen molar-refractivity contribution in [2.45, 2.75) is 78.2 Å². The van der Waals surface area contributed by atoms with Crippen LogP contribution in [0.5, 0.6) is 0 Å². The van der Waals surface area contributed by atoms with E-state index in [9.17, 15) is 27.6 Å². The van der Waals surface area contributed by atoms with Crippen LogP contribution in [0.25, 0.3) is 0 Å². The fourth-order valence-corrected chi connectivity index (χ4v) is 2.60. The molecule has 0 radical (unpaired) electrons. The SMILES string of the molecule is CC(C)(C)OC(=O)CCCC(C(=O)OC(C)(C)C)C(=O)c1ccc(C(F)(F)F)cc1. The van der Waals surface area contributed by atoms with Gasteiger partial charge in [0.25, 0.3) is 0 Å². The maximum atomic E-state index is 12.8. The van der Waals surface area contributed by atoms with Gasteiger partial charge in [0.1, 0.15) is 17.1 Å². The molecule has 0 fully saturated rings. The predicted molar refractivity (Wildman–Crippen MR) is 105 cm³/mol. The Bertz CT molecular complexity index is 753. The van der Waals surface area contributed by atoms with Crippen LogP contribution in [0.1, 0.15) is 76.7 Å². The minimum atomic E-state index is -4.53. The van der Waals surface area contributed by atoms with Gasteiger partial charge in [-0.3, -0.25) is 14.4 Å². The smallest absolute Gasteiger partial charge is 0.416 e. The molecule has 0 bridgehead atoms. The Hall–Kier alpha value is -2.38. The Balaban J connectivity index is 2.96. The number of carbonyl (C=O) groups is 3. The standard InChI is InChI=1S/C22H29F3O5/c1-20(2,3)29-17(26)9-7-8-16(19(28)30-21(4,5)6)18(27)14-10-12-15(13-11-14)22(23,24)25/h10-13,16H,7-9H2,1-6H3. The number of benzene rings is 1. The van der Waals surface area contributed by atoms with Gasteiger partial charge in [0.05, 0.1) is 5.56 Å². The monoisotopic (exact) mass is 430 g/mol. The summed E-state index contributed by atoms with van der Waals surface area (Å²) in [7, 11) is 0. The molecular formula is C22H29F3O5. The summed E-state index contributed by atoms with van der Waals surface area (Å²) >= 11 is 0. The van der Waals surface area contributed by atoms with Gasteiger partial charge in [-0.15, -0.1) is 0 Å². The molecule has 1 atom stereocenters. The van der Waals surface area contributed by atoms with Crippen LogP contribution in [0.15, 0.2) is 24.3 Å². The summed E-state index contributed by atoms with van der Waals surface area (Å²) in [6.45, 7) is 10.1. The molecule has 0 spiro atoms. The highest BCUT2D eigenvalue weighted by Crippen LogP contribution is 2.30. The van der Waals surface area contributed by atoms with Crippen molar-refractivity contribution in [2.75, 3.05) is 0 Å². The number of esters is 2. The summed E-state index contributed by atoms with van der Waals surface area (Å²) < 4.78 is 48.8. The van der Waals surface area contributed by atoms with Gasteiger partial charge in [0, 0.05) is 12.0 Å². The van der Waals surface area contributed by atoms with Crippen molar-refractivity contribution in [2.24, 2.45) is 5.92 Å². The van der Waals surface area contributed by atoms with Crippen LogP contribution in [0, 0.1) is 5.92 Å². The number of carbonyl (C=O) groups excluding carboxylic acids is 3. The highest BCUT2D eigenvalue weighted by Gasteiger charge is 2.34. The Morgan fingerprint density at radius 1 is 0.867 bits per heavy atom. The maximum Gasteiger partial charge on any atom is 0.416 e. The molecule has 0 saturated carbocycles. The second kappa shape index (κ2) is 9.62. The van der Waals surface area contributed by atoms with E-state index < -0.39 is 46.6 Å². The van der Waals surface area contributed by atoms with Gasteiger partial charge in [-0.05, 0) is 66.5 Å². The van der Waals surface area contributed by atoms with Gasteiger partial charge in [-0.1, -0.05) is 12.1 Å². The molecule has 0 heterocycles. The molecule has 0 aliphatic rings. The van der Waals surface area contributed by atoms with Crippen molar-refractivity contribution in [3.8, 4) is 0 Å². The van der Waals surface area contributed by atoms with Crippen molar-refractivity contribution in [3.63, 3.8) is 0 Å². The van der Waals surface area contributed by atoms with E-state index in [1.54, 1.807) is 41.5 Å². The first-order chi connectivity index (χ1) is 13.5. The molecular weight excluding hydrogens is 401 g/mol. The van der Waals surface area contributed by atoms with E-state index >= 15 is 0 Å². The van der Waals surface area contributed by atoms with Gasteiger partial charge in [-0.25, -0.2) is 0 Å². The van der Waals surface area contributed by atoms with Crippen molar-refractivity contribution >= 4 is 17.7 Å². The number of hydrogen-bond donors (Lipinski definition) is 0. The third-order valence-electron chi connectivity index (χ3n) is 3.80. The van der Waals surface area contributed by atoms with Crippen LogP contribution in [-0.2, 0) is 25.2 Å². The first kappa shape index (κ1) is 25.7. The van der Waals surface area contributed by atoms with Gasteiger partial charge in [-0.2, -0.15) is 13.2 Å². The first-order valence-corrected chi connectivity index (χ1v) is 9.66. The number of ether oxygens (including phenoxy) is 2. The summed E-state index contributed by atoms with van der Waals surface area (Å²) in [4.78, 5) is 37.3. The minimum absolute atomic E-state index is 0.00312. The fourth-order valence-electron chi connectivity index (χ4n) is 2.60. The van der Waals surface area contributed by atoms with Crippen LogP contribution >= 0.6 is 0 Å². The molecule has 0 saturated heterocycles. The van der Waals surface area contributed by atoms with E-state index in [1.807, 2.05) is 0 Å². The third-order valence-corrected chi connectivity index (χ3v) is 3.80. The van der Waals surface area contributed by atoms with E-state index in [-0.39, 0.29) is 24.8 Å². The van der Waals surface area contributed by atoms with Gasteiger partial charge < -0.3 is 9.47 Å². The Kier molecular flexibility index (Phi) is 8.23. The van der Waals surface area contributed by atoms with Crippen LogP contribution in [0.4, 0.5) is 13.2 Å². The number of alkyl halides is 3. The van der Waals surface area contributed by atoms with Crippen molar-refractivity contribution in [1.29, 1.82) is 0 Å². The molecule has 0 aliphatic heterocycles. The first-order valence-electron chi connectivity index (χ1n) is 9.66. The summed E-state index contributed by atoms with van der Waals surface area (Å²) in [5.41, 5.74) is -2.42. The fraction of sp³-hybridized carbons (Fsp3) is 0.591. The highest BCUT2D eigenvalue weighted by atomic mass is 19.4. The van der Waals surface area contributed by atoms with Crippen molar-refractivity contribution in [3.05, 3.63) is 35.4 Å². The Labute approximate surface area is 174 Å². The summed E-state index contributed by atoms with van der Waals surface area (Å²) in [6, 6.07) is 3.66. The van der Waals surface area contributed by atoms with Crippen molar-refractivity contribution in [1.82, 2.24) is 0 Å². The summed E-state index contributed by atoms with van der Waals surface area (Å²) in [5.74, 6) is -3.13. The lowest BCUT2D eigenvalue weighted by Gasteiger charge is -2.24. The van der Waals surface area contributed by atoms with E-state index in [2.05, 4.69) is 0 Å². The number of halogens is 3. The van der Waals surface area contributed by atoms with Crippen LogP contribution in [-0.4, -0.2) is 28.9 Å². The van der Waals surface area contributed by atoms with Gasteiger partial charge in [0.2, 0.25) is 0 Å². The molecule has 0 amide bonds. The van der Waals surface area contributed by atoms with Crippen LogP contribution in [0.2, 0.25) is 0 Å². The van der Waals surface area contributed by atoms with E-state index in [0.29, 0.717) is 0 Å². The lowest BCUT2D eigenvalue weighted by atomic mass is 9.92. The molecule has 0 aliphatic carbocycles. The Morgan fingerprint density at radius 3 is 1.80 bits per heavy atom. The average Bonchev–Trinajstić information content (AvgIpc) is 2.54. The molecule has 1 unspecified atom stereocenters. The molecule has 5 nitrogen and oxygen atoms in total. The van der Waals surface area contributed by atoms with Gasteiger partial charge >= 0.3 is 18.1 Å². The quantitative estimate of drug-likeness (QED) is 0.331. The molecule has 0 aromatic heterocycles. The third kappa shape index (κ3) is 8.97. The summed E-state index contributed by atoms with van der Waals surface area (Å²) in [6.07, 6.45) is -4.34. The molecule has 1 aromatic carbocycles.